The van der Waals surface area contributed by atoms with Gasteiger partial charge in [-0.2, -0.15) is 0 Å². The molecule has 1 fully saturated rings. The van der Waals surface area contributed by atoms with Gasteiger partial charge in [0.2, 0.25) is 0 Å². The van der Waals surface area contributed by atoms with Crippen molar-refractivity contribution in [2.24, 2.45) is 0 Å². The number of benzene rings is 1. The molecule has 3 atom stereocenters. The highest BCUT2D eigenvalue weighted by molar-refractivity contribution is 5.33. The SMILES string of the molecule is CCNC(c1c(F)cc(OC)cc1F)C1CCC(C)O1. The van der Waals surface area contributed by atoms with Crippen molar-refractivity contribution < 1.29 is 18.3 Å². The summed E-state index contributed by atoms with van der Waals surface area (Å²) in [6, 6.07) is 1.94. The molecule has 1 aromatic carbocycles. The average molecular weight is 285 g/mol. The van der Waals surface area contributed by atoms with Crippen LogP contribution in [0.1, 0.15) is 38.3 Å². The maximum absolute atomic E-state index is 14.2. The van der Waals surface area contributed by atoms with Crippen molar-refractivity contribution in [2.45, 2.75) is 44.9 Å². The molecule has 0 amide bonds. The smallest absolute Gasteiger partial charge is 0.134 e. The molecular formula is C15H21F2NO2. The van der Waals surface area contributed by atoms with Crippen molar-refractivity contribution >= 4 is 0 Å². The van der Waals surface area contributed by atoms with Gasteiger partial charge < -0.3 is 14.8 Å². The molecule has 0 radical (unpaired) electrons. The van der Waals surface area contributed by atoms with E-state index < -0.39 is 17.7 Å². The Hall–Kier alpha value is -1.20. The molecule has 112 valence electrons. The predicted molar refractivity (Wildman–Crippen MR) is 72.9 cm³/mol. The van der Waals surface area contributed by atoms with Gasteiger partial charge in [0.15, 0.2) is 0 Å². The molecule has 5 heteroatoms. The zero-order chi connectivity index (χ0) is 14.7. The second-order valence-corrected chi connectivity index (χ2v) is 5.10. The largest absolute Gasteiger partial charge is 0.497 e. The minimum Gasteiger partial charge on any atom is -0.497 e. The molecule has 1 aromatic rings. The molecule has 1 saturated heterocycles. The van der Waals surface area contributed by atoms with Crippen molar-refractivity contribution in [2.75, 3.05) is 13.7 Å². The van der Waals surface area contributed by atoms with Crippen LogP contribution < -0.4 is 10.1 Å². The maximum atomic E-state index is 14.2. The first kappa shape index (κ1) is 15.2. The fraction of sp³-hybridized carbons (Fsp3) is 0.600. The van der Waals surface area contributed by atoms with Gasteiger partial charge in [0.05, 0.1) is 25.4 Å². The Bertz CT molecular complexity index is 444. The van der Waals surface area contributed by atoms with Crippen LogP contribution in [0.3, 0.4) is 0 Å². The monoisotopic (exact) mass is 285 g/mol. The van der Waals surface area contributed by atoms with E-state index in [1.807, 2.05) is 13.8 Å². The Morgan fingerprint density at radius 1 is 1.35 bits per heavy atom. The second kappa shape index (κ2) is 6.50. The highest BCUT2D eigenvalue weighted by Gasteiger charge is 2.33. The average Bonchev–Trinajstić information content (AvgIpc) is 2.83. The lowest BCUT2D eigenvalue weighted by Crippen LogP contribution is -2.33. The molecular weight excluding hydrogens is 264 g/mol. The fourth-order valence-electron chi connectivity index (χ4n) is 2.69. The minimum absolute atomic E-state index is 0.0340. The summed E-state index contributed by atoms with van der Waals surface area (Å²) in [5, 5.41) is 3.13. The van der Waals surface area contributed by atoms with Gasteiger partial charge in [-0.25, -0.2) is 8.78 Å². The van der Waals surface area contributed by atoms with Crippen LogP contribution in [-0.4, -0.2) is 25.9 Å². The van der Waals surface area contributed by atoms with E-state index in [1.165, 1.54) is 19.2 Å². The second-order valence-electron chi connectivity index (χ2n) is 5.10. The third kappa shape index (κ3) is 3.10. The number of ether oxygens (including phenoxy) is 2. The maximum Gasteiger partial charge on any atom is 0.134 e. The van der Waals surface area contributed by atoms with Crippen molar-refractivity contribution in [1.29, 1.82) is 0 Å². The zero-order valence-electron chi connectivity index (χ0n) is 12.1. The lowest BCUT2D eigenvalue weighted by Gasteiger charge is -2.26. The van der Waals surface area contributed by atoms with Crippen LogP contribution in [0.4, 0.5) is 8.78 Å². The number of halogens is 2. The lowest BCUT2D eigenvalue weighted by atomic mass is 9.97. The molecule has 0 bridgehead atoms. The summed E-state index contributed by atoms with van der Waals surface area (Å²) in [5.41, 5.74) is 0.0340. The van der Waals surface area contributed by atoms with Gasteiger partial charge in [-0.1, -0.05) is 6.92 Å². The van der Waals surface area contributed by atoms with Crippen molar-refractivity contribution in [1.82, 2.24) is 5.32 Å². The van der Waals surface area contributed by atoms with Gasteiger partial charge in [-0.3, -0.25) is 0 Å². The zero-order valence-corrected chi connectivity index (χ0v) is 12.1. The number of hydrogen-bond acceptors (Lipinski definition) is 3. The number of rotatable bonds is 5. The molecule has 3 nitrogen and oxygen atoms in total. The molecule has 3 unspecified atom stereocenters. The lowest BCUT2D eigenvalue weighted by molar-refractivity contribution is 0.0303. The van der Waals surface area contributed by atoms with Crippen molar-refractivity contribution in [3.63, 3.8) is 0 Å². The van der Waals surface area contributed by atoms with Crippen LogP contribution >= 0.6 is 0 Å². The van der Waals surface area contributed by atoms with Crippen LogP contribution in [0.5, 0.6) is 5.75 Å². The molecule has 1 N–H and O–H groups in total. The van der Waals surface area contributed by atoms with Crippen LogP contribution in [0.25, 0.3) is 0 Å². The van der Waals surface area contributed by atoms with Crippen LogP contribution in [0.2, 0.25) is 0 Å². The van der Waals surface area contributed by atoms with Gasteiger partial charge in [0, 0.05) is 17.7 Å². The van der Waals surface area contributed by atoms with Gasteiger partial charge in [0.1, 0.15) is 17.4 Å². The summed E-state index contributed by atoms with van der Waals surface area (Å²) < 4.78 is 39.1. The van der Waals surface area contributed by atoms with Gasteiger partial charge in [0.25, 0.3) is 0 Å². The number of nitrogens with one attached hydrogen (secondary N) is 1. The van der Waals surface area contributed by atoms with Crippen molar-refractivity contribution in [3.8, 4) is 5.75 Å². The number of methoxy groups -OCH3 is 1. The number of hydrogen-bond donors (Lipinski definition) is 1. The van der Waals surface area contributed by atoms with Crippen molar-refractivity contribution in [3.05, 3.63) is 29.3 Å². The molecule has 1 aliphatic heterocycles. The molecule has 0 saturated carbocycles. The topological polar surface area (TPSA) is 30.5 Å². The molecule has 1 aliphatic rings. The normalized spacial score (nSPS) is 23.9. The van der Waals surface area contributed by atoms with Gasteiger partial charge >= 0.3 is 0 Å². The highest BCUT2D eigenvalue weighted by Crippen LogP contribution is 2.34. The van der Waals surface area contributed by atoms with E-state index in [0.717, 1.165) is 12.8 Å². The first-order chi connectivity index (χ1) is 9.56. The quantitative estimate of drug-likeness (QED) is 0.901. The van der Waals surface area contributed by atoms with E-state index in [2.05, 4.69) is 5.32 Å². The van der Waals surface area contributed by atoms with E-state index in [1.54, 1.807) is 0 Å². The summed E-state index contributed by atoms with van der Waals surface area (Å²) in [6.07, 6.45) is 1.63. The van der Waals surface area contributed by atoms with E-state index in [9.17, 15) is 8.78 Å². The molecule has 1 heterocycles. The Kier molecular flexibility index (Phi) is 4.94. The molecule has 0 aliphatic carbocycles. The van der Waals surface area contributed by atoms with Gasteiger partial charge in [-0.15, -0.1) is 0 Å². The van der Waals surface area contributed by atoms with Crippen LogP contribution in [0.15, 0.2) is 12.1 Å². The molecule has 0 spiro atoms. The Morgan fingerprint density at radius 2 is 2.00 bits per heavy atom. The third-order valence-corrected chi connectivity index (χ3v) is 3.66. The first-order valence-electron chi connectivity index (χ1n) is 6.98. The molecule has 20 heavy (non-hydrogen) atoms. The van der Waals surface area contributed by atoms with Crippen LogP contribution in [0, 0.1) is 11.6 Å². The highest BCUT2D eigenvalue weighted by atomic mass is 19.1. The minimum atomic E-state index is -0.601. The standard InChI is InChI=1S/C15H21F2NO2/c1-4-18-15(13-6-5-9(2)20-13)14-11(16)7-10(19-3)8-12(14)17/h7-9,13,15,18H,4-6H2,1-3H3. The predicted octanol–water partition coefficient (Wildman–Crippen LogP) is 3.19. The first-order valence-corrected chi connectivity index (χ1v) is 6.98. The van der Waals surface area contributed by atoms with E-state index in [4.69, 9.17) is 9.47 Å². The number of likely N-dealkylation sites (N-methyl/N-ethyl adjacent to an activating group) is 1. The van der Waals surface area contributed by atoms with E-state index in [0.29, 0.717) is 6.54 Å². The Balaban J connectivity index is 2.34. The molecule has 2 rings (SSSR count). The Labute approximate surface area is 118 Å². The summed E-state index contributed by atoms with van der Waals surface area (Å²) in [4.78, 5) is 0. The summed E-state index contributed by atoms with van der Waals surface area (Å²) in [6.45, 7) is 4.50. The molecule has 0 aromatic heterocycles. The van der Waals surface area contributed by atoms with E-state index in [-0.39, 0.29) is 23.5 Å². The van der Waals surface area contributed by atoms with E-state index >= 15 is 0 Å². The summed E-state index contributed by atoms with van der Waals surface area (Å²) in [5.74, 6) is -1.02. The summed E-state index contributed by atoms with van der Waals surface area (Å²) in [7, 11) is 1.39. The Morgan fingerprint density at radius 3 is 2.45 bits per heavy atom. The van der Waals surface area contributed by atoms with Gasteiger partial charge in [-0.05, 0) is 26.3 Å². The fourth-order valence-corrected chi connectivity index (χ4v) is 2.69. The van der Waals surface area contributed by atoms with Crippen LogP contribution in [-0.2, 0) is 4.74 Å². The third-order valence-electron chi connectivity index (χ3n) is 3.66. The summed E-state index contributed by atoms with van der Waals surface area (Å²) >= 11 is 0.